The lowest BCUT2D eigenvalue weighted by Crippen LogP contribution is -2.19. The van der Waals surface area contributed by atoms with Gasteiger partial charge in [0.15, 0.2) is 0 Å². The molecule has 1 rings (SSSR count). The Morgan fingerprint density at radius 2 is 1.88 bits per heavy atom. The molecule has 0 aliphatic carbocycles. The van der Waals surface area contributed by atoms with Crippen LogP contribution in [0.4, 0.5) is 0 Å². The molecule has 3 heteroatoms. The molecule has 0 aromatic heterocycles. The van der Waals surface area contributed by atoms with Crippen molar-refractivity contribution in [1.29, 1.82) is 0 Å². The Hall–Kier alpha value is -0.570. The van der Waals surface area contributed by atoms with Crippen molar-refractivity contribution in [2.45, 2.75) is 32.4 Å². The number of hydrogen-bond acceptors (Lipinski definition) is 2. The van der Waals surface area contributed by atoms with E-state index in [1.54, 1.807) is 0 Å². The lowest BCUT2D eigenvalue weighted by molar-refractivity contribution is 0.0719. The molecule has 0 aliphatic rings. The number of hydrogen-bond donors (Lipinski definition) is 1. The van der Waals surface area contributed by atoms with E-state index in [4.69, 9.17) is 16.3 Å². The van der Waals surface area contributed by atoms with E-state index in [0.29, 0.717) is 12.1 Å². The molecule has 1 aromatic rings. The number of ether oxygens (including phenoxy) is 1. The van der Waals surface area contributed by atoms with E-state index in [1.807, 2.05) is 19.2 Å². The van der Waals surface area contributed by atoms with E-state index in [9.17, 15) is 0 Å². The lowest BCUT2D eigenvalue weighted by atomic mass is 10.0. The molecule has 1 N–H and O–H groups in total. The standard InChI is InChI=1S/C13H20ClNO/c1-10(2)16-9-8-13(15-3)11-4-6-12(14)7-5-11/h4-7,10,13,15H,8-9H2,1-3H3. The predicted octanol–water partition coefficient (Wildman–Crippen LogP) is 3.42. The third-order valence-electron chi connectivity index (χ3n) is 2.48. The van der Waals surface area contributed by atoms with Gasteiger partial charge in [0.05, 0.1) is 6.10 Å². The lowest BCUT2D eigenvalue weighted by Gasteiger charge is -2.17. The fourth-order valence-corrected chi connectivity index (χ4v) is 1.72. The summed E-state index contributed by atoms with van der Waals surface area (Å²) in [4.78, 5) is 0. The molecule has 1 aromatic carbocycles. The maximum atomic E-state index is 5.86. The first-order valence-electron chi connectivity index (χ1n) is 5.68. The highest BCUT2D eigenvalue weighted by Gasteiger charge is 2.08. The van der Waals surface area contributed by atoms with Gasteiger partial charge in [0, 0.05) is 17.7 Å². The van der Waals surface area contributed by atoms with Gasteiger partial charge in [-0.2, -0.15) is 0 Å². The SMILES string of the molecule is CNC(CCOC(C)C)c1ccc(Cl)cc1. The Morgan fingerprint density at radius 3 is 2.38 bits per heavy atom. The van der Waals surface area contributed by atoms with E-state index in [0.717, 1.165) is 18.1 Å². The van der Waals surface area contributed by atoms with Gasteiger partial charge in [-0.05, 0) is 45.0 Å². The zero-order valence-corrected chi connectivity index (χ0v) is 10.9. The Bertz CT molecular complexity index is 297. The third kappa shape index (κ3) is 4.52. The predicted molar refractivity (Wildman–Crippen MR) is 69.0 cm³/mol. The van der Waals surface area contributed by atoms with E-state index in [2.05, 4.69) is 31.3 Å². The minimum absolute atomic E-state index is 0.294. The van der Waals surface area contributed by atoms with Crippen molar-refractivity contribution < 1.29 is 4.74 Å². The molecule has 0 bridgehead atoms. The number of benzene rings is 1. The minimum Gasteiger partial charge on any atom is -0.379 e. The maximum Gasteiger partial charge on any atom is 0.0518 e. The molecule has 0 radical (unpaired) electrons. The molecule has 1 atom stereocenters. The second kappa shape index (κ2) is 6.89. The van der Waals surface area contributed by atoms with Crippen LogP contribution in [0.1, 0.15) is 31.9 Å². The van der Waals surface area contributed by atoms with Gasteiger partial charge >= 0.3 is 0 Å². The summed E-state index contributed by atoms with van der Waals surface area (Å²) in [5, 5.41) is 4.06. The summed E-state index contributed by atoms with van der Waals surface area (Å²) in [5.74, 6) is 0. The summed E-state index contributed by atoms with van der Waals surface area (Å²) < 4.78 is 5.55. The van der Waals surface area contributed by atoms with Gasteiger partial charge in [0.1, 0.15) is 0 Å². The molecule has 90 valence electrons. The molecular formula is C13H20ClNO. The van der Waals surface area contributed by atoms with Crippen LogP contribution in [0.25, 0.3) is 0 Å². The van der Waals surface area contributed by atoms with Crippen LogP contribution in [-0.2, 0) is 4.74 Å². The fraction of sp³-hybridized carbons (Fsp3) is 0.538. The first-order chi connectivity index (χ1) is 7.63. The van der Waals surface area contributed by atoms with Gasteiger partial charge in [-0.15, -0.1) is 0 Å². The van der Waals surface area contributed by atoms with Crippen LogP contribution in [-0.4, -0.2) is 19.8 Å². The highest BCUT2D eigenvalue weighted by molar-refractivity contribution is 6.30. The van der Waals surface area contributed by atoms with Crippen LogP contribution in [0.15, 0.2) is 24.3 Å². The zero-order valence-electron chi connectivity index (χ0n) is 10.2. The second-order valence-corrected chi connectivity index (χ2v) is 4.54. The zero-order chi connectivity index (χ0) is 12.0. The number of rotatable bonds is 6. The van der Waals surface area contributed by atoms with Crippen molar-refractivity contribution in [2.24, 2.45) is 0 Å². The quantitative estimate of drug-likeness (QED) is 0.824. The van der Waals surface area contributed by atoms with Crippen molar-refractivity contribution in [3.8, 4) is 0 Å². The van der Waals surface area contributed by atoms with Gasteiger partial charge in [0.2, 0.25) is 0 Å². The molecule has 0 heterocycles. The van der Waals surface area contributed by atoms with Crippen LogP contribution >= 0.6 is 11.6 Å². The summed E-state index contributed by atoms with van der Waals surface area (Å²) in [5.41, 5.74) is 1.25. The molecule has 2 nitrogen and oxygen atoms in total. The van der Waals surface area contributed by atoms with Crippen LogP contribution in [0.5, 0.6) is 0 Å². The first-order valence-corrected chi connectivity index (χ1v) is 6.05. The monoisotopic (exact) mass is 241 g/mol. The highest BCUT2D eigenvalue weighted by Crippen LogP contribution is 2.19. The summed E-state index contributed by atoms with van der Waals surface area (Å²) in [6, 6.07) is 8.28. The Balaban J connectivity index is 2.50. The fourth-order valence-electron chi connectivity index (χ4n) is 1.59. The van der Waals surface area contributed by atoms with Gasteiger partial charge in [-0.1, -0.05) is 23.7 Å². The van der Waals surface area contributed by atoms with Crippen molar-refractivity contribution in [3.63, 3.8) is 0 Å². The topological polar surface area (TPSA) is 21.3 Å². The minimum atomic E-state index is 0.294. The molecule has 0 spiro atoms. The summed E-state index contributed by atoms with van der Waals surface area (Å²) in [6.45, 7) is 4.87. The van der Waals surface area contributed by atoms with E-state index < -0.39 is 0 Å². The smallest absolute Gasteiger partial charge is 0.0518 e. The molecule has 1 unspecified atom stereocenters. The Kier molecular flexibility index (Phi) is 5.81. The van der Waals surface area contributed by atoms with Crippen LogP contribution in [0, 0.1) is 0 Å². The van der Waals surface area contributed by atoms with Gasteiger partial charge in [0.25, 0.3) is 0 Å². The molecule has 0 aliphatic heterocycles. The molecule has 0 fully saturated rings. The number of halogens is 1. The molecule has 0 saturated carbocycles. The molecule has 16 heavy (non-hydrogen) atoms. The van der Waals surface area contributed by atoms with Crippen molar-refractivity contribution >= 4 is 11.6 Å². The average Bonchev–Trinajstić information content (AvgIpc) is 2.26. The normalized spacial score (nSPS) is 13.1. The first kappa shape index (κ1) is 13.5. The summed E-state index contributed by atoms with van der Waals surface area (Å²) in [7, 11) is 1.97. The maximum absolute atomic E-state index is 5.86. The average molecular weight is 242 g/mol. The van der Waals surface area contributed by atoms with Crippen molar-refractivity contribution in [2.75, 3.05) is 13.7 Å². The molecular weight excluding hydrogens is 222 g/mol. The van der Waals surface area contributed by atoms with Crippen molar-refractivity contribution in [1.82, 2.24) is 5.32 Å². The van der Waals surface area contributed by atoms with Crippen molar-refractivity contribution in [3.05, 3.63) is 34.9 Å². The highest BCUT2D eigenvalue weighted by atomic mass is 35.5. The van der Waals surface area contributed by atoms with Crippen LogP contribution in [0.2, 0.25) is 5.02 Å². The Morgan fingerprint density at radius 1 is 1.25 bits per heavy atom. The van der Waals surface area contributed by atoms with E-state index in [-0.39, 0.29) is 0 Å². The van der Waals surface area contributed by atoms with Gasteiger partial charge in [-0.25, -0.2) is 0 Å². The summed E-state index contributed by atoms with van der Waals surface area (Å²) in [6.07, 6.45) is 1.26. The largest absolute Gasteiger partial charge is 0.379 e. The second-order valence-electron chi connectivity index (χ2n) is 4.10. The van der Waals surface area contributed by atoms with Crippen LogP contribution in [0.3, 0.4) is 0 Å². The van der Waals surface area contributed by atoms with Crippen LogP contribution < -0.4 is 5.32 Å². The third-order valence-corrected chi connectivity index (χ3v) is 2.73. The van der Waals surface area contributed by atoms with E-state index in [1.165, 1.54) is 5.56 Å². The summed E-state index contributed by atoms with van der Waals surface area (Å²) >= 11 is 5.86. The van der Waals surface area contributed by atoms with Gasteiger partial charge < -0.3 is 10.1 Å². The Labute approximate surface area is 103 Å². The molecule has 0 amide bonds. The number of nitrogens with one attached hydrogen (secondary N) is 1. The van der Waals surface area contributed by atoms with Gasteiger partial charge in [-0.3, -0.25) is 0 Å². The molecule has 0 saturated heterocycles. The van der Waals surface area contributed by atoms with E-state index >= 15 is 0 Å².